The van der Waals surface area contributed by atoms with Gasteiger partial charge in [0.05, 0.1) is 5.92 Å². The minimum Gasteiger partial charge on any atom is -0.341 e. The topological polar surface area (TPSA) is 66.6 Å². The standard InChI is InChI=1S/C13H23N3O2/c1-10(17)15-6-3-7-16(9-8-15)13(18)11-4-2-5-12(11)14/h11-12H,2-9,14H2,1H3. The van der Waals surface area contributed by atoms with Crippen LogP contribution in [-0.2, 0) is 9.59 Å². The van der Waals surface area contributed by atoms with Crippen molar-refractivity contribution in [3.05, 3.63) is 0 Å². The zero-order valence-electron chi connectivity index (χ0n) is 11.1. The molecule has 1 saturated carbocycles. The third kappa shape index (κ3) is 2.83. The van der Waals surface area contributed by atoms with E-state index in [0.717, 1.165) is 38.8 Å². The Kier molecular flexibility index (Phi) is 4.22. The van der Waals surface area contributed by atoms with Crippen molar-refractivity contribution >= 4 is 11.8 Å². The van der Waals surface area contributed by atoms with Crippen LogP contribution >= 0.6 is 0 Å². The molecule has 2 amide bonds. The lowest BCUT2D eigenvalue weighted by Crippen LogP contribution is -2.43. The molecule has 1 aliphatic carbocycles. The molecule has 1 saturated heterocycles. The van der Waals surface area contributed by atoms with Crippen LogP contribution in [0.25, 0.3) is 0 Å². The molecule has 0 aromatic heterocycles. The maximum Gasteiger partial charge on any atom is 0.227 e. The fourth-order valence-corrected chi connectivity index (χ4v) is 2.98. The van der Waals surface area contributed by atoms with E-state index < -0.39 is 0 Å². The van der Waals surface area contributed by atoms with Crippen molar-refractivity contribution in [2.75, 3.05) is 26.2 Å². The van der Waals surface area contributed by atoms with Crippen molar-refractivity contribution in [1.29, 1.82) is 0 Å². The largest absolute Gasteiger partial charge is 0.341 e. The van der Waals surface area contributed by atoms with E-state index in [2.05, 4.69) is 0 Å². The second kappa shape index (κ2) is 5.69. The highest BCUT2D eigenvalue weighted by Gasteiger charge is 2.33. The van der Waals surface area contributed by atoms with Crippen LogP contribution in [0.5, 0.6) is 0 Å². The van der Waals surface area contributed by atoms with Gasteiger partial charge in [0, 0.05) is 39.1 Å². The summed E-state index contributed by atoms with van der Waals surface area (Å²) in [6.07, 6.45) is 3.81. The van der Waals surface area contributed by atoms with E-state index in [1.165, 1.54) is 0 Å². The van der Waals surface area contributed by atoms with Crippen molar-refractivity contribution in [2.24, 2.45) is 11.7 Å². The lowest BCUT2D eigenvalue weighted by atomic mass is 10.0. The molecule has 1 aliphatic heterocycles. The predicted molar refractivity (Wildman–Crippen MR) is 68.8 cm³/mol. The molecule has 2 atom stereocenters. The molecule has 0 aromatic rings. The second-order valence-electron chi connectivity index (χ2n) is 5.39. The van der Waals surface area contributed by atoms with Crippen LogP contribution in [0.1, 0.15) is 32.6 Å². The number of carbonyl (C=O) groups excluding carboxylic acids is 2. The van der Waals surface area contributed by atoms with E-state index in [1.54, 1.807) is 6.92 Å². The Labute approximate surface area is 108 Å². The van der Waals surface area contributed by atoms with E-state index >= 15 is 0 Å². The molecule has 0 spiro atoms. The molecule has 102 valence electrons. The molecular formula is C13H23N3O2. The van der Waals surface area contributed by atoms with Crippen molar-refractivity contribution < 1.29 is 9.59 Å². The maximum atomic E-state index is 12.4. The Morgan fingerprint density at radius 2 is 1.67 bits per heavy atom. The van der Waals surface area contributed by atoms with Gasteiger partial charge in [0.2, 0.25) is 11.8 Å². The lowest BCUT2D eigenvalue weighted by Gasteiger charge is -2.26. The summed E-state index contributed by atoms with van der Waals surface area (Å²) >= 11 is 0. The average molecular weight is 253 g/mol. The van der Waals surface area contributed by atoms with Crippen LogP contribution in [0.3, 0.4) is 0 Å². The van der Waals surface area contributed by atoms with Gasteiger partial charge in [-0.15, -0.1) is 0 Å². The zero-order valence-corrected chi connectivity index (χ0v) is 11.1. The lowest BCUT2D eigenvalue weighted by molar-refractivity contribution is -0.136. The van der Waals surface area contributed by atoms with Crippen LogP contribution < -0.4 is 5.73 Å². The molecule has 0 radical (unpaired) electrons. The minimum absolute atomic E-state index is 0.00822. The van der Waals surface area contributed by atoms with Gasteiger partial charge in [-0.2, -0.15) is 0 Å². The quantitative estimate of drug-likeness (QED) is 0.725. The molecule has 5 heteroatoms. The highest BCUT2D eigenvalue weighted by Crippen LogP contribution is 2.26. The van der Waals surface area contributed by atoms with Crippen molar-refractivity contribution in [2.45, 2.75) is 38.6 Å². The highest BCUT2D eigenvalue weighted by atomic mass is 16.2. The van der Waals surface area contributed by atoms with Crippen molar-refractivity contribution in [3.63, 3.8) is 0 Å². The number of hydrogen-bond donors (Lipinski definition) is 1. The normalized spacial score (nSPS) is 29.2. The molecule has 2 rings (SSSR count). The third-order valence-corrected chi connectivity index (χ3v) is 4.14. The maximum absolute atomic E-state index is 12.4. The van der Waals surface area contributed by atoms with Gasteiger partial charge >= 0.3 is 0 Å². The minimum atomic E-state index is 0.00822. The summed E-state index contributed by atoms with van der Waals surface area (Å²) in [4.78, 5) is 27.4. The monoisotopic (exact) mass is 253 g/mol. The first-order chi connectivity index (χ1) is 8.59. The summed E-state index contributed by atoms with van der Waals surface area (Å²) < 4.78 is 0. The molecule has 0 aromatic carbocycles. The molecule has 2 unspecified atom stereocenters. The van der Waals surface area contributed by atoms with Crippen molar-refractivity contribution in [1.82, 2.24) is 9.80 Å². The summed E-state index contributed by atoms with van der Waals surface area (Å²) in [7, 11) is 0. The van der Waals surface area contributed by atoms with Crippen LogP contribution in [-0.4, -0.2) is 53.8 Å². The molecule has 18 heavy (non-hydrogen) atoms. The number of hydrogen-bond acceptors (Lipinski definition) is 3. The molecule has 2 aliphatic rings. The van der Waals surface area contributed by atoms with Gasteiger partial charge in [0.1, 0.15) is 0 Å². The van der Waals surface area contributed by atoms with Gasteiger partial charge in [-0.3, -0.25) is 9.59 Å². The summed E-state index contributed by atoms with van der Waals surface area (Å²) in [5.74, 6) is 0.307. The Hall–Kier alpha value is -1.10. The molecule has 2 N–H and O–H groups in total. The first-order valence-corrected chi connectivity index (χ1v) is 6.89. The Bertz CT molecular complexity index is 332. The Morgan fingerprint density at radius 1 is 1.00 bits per heavy atom. The molecule has 2 fully saturated rings. The summed E-state index contributed by atoms with van der Waals surface area (Å²) in [6, 6.07) is 0.0321. The van der Waals surface area contributed by atoms with Crippen LogP contribution in [0.2, 0.25) is 0 Å². The highest BCUT2D eigenvalue weighted by molar-refractivity contribution is 5.80. The zero-order chi connectivity index (χ0) is 13.1. The van der Waals surface area contributed by atoms with Gasteiger partial charge < -0.3 is 15.5 Å². The number of rotatable bonds is 1. The smallest absolute Gasteiger partial charge is 0.227 e. The van der Waals surface area contributed by atoms with E-state index in [0.29, 0.717) is 13.1 Å². The fourth-order valence-electron chi connectivity index (χ4n) is 2.98. The third-order valence-electron chi connectivity index (χ3n) is 4.14. The number of amides is 2. The van der Waals surface area contributed by atoms with Gasteiger partial charge in [-0.25, -0.2) is 0 Å². The summed E-state index contributed by atoms with van der Waals surface area (Å²) in [5.41, 5.74) is 5.99. The van der Waals surface area contributed by atoms with Crippen LogP contribution in [0.15, 0.2) is 0 Å². The first kappa shape index (κ1) is 13.3. The molecular weight excluding hydrogens is 230 g/mol. The molecule has 0 bridgehead atoms. The summed E-state index contributed by atoms with van der Waals surface area (Å²) in [6.45, 7) is 4.41. The van der Waals surface area contributed by atoms with Gasteiger partial charge in [-0.05, 0) is 19.3 Å². The van der Waals surface area contributed by atoms with Crippen molar-refractivity contribution in [3.8, 4) is 0 Å². The Balaban J connectivity index is 1.93. The van der Waals surface area contributed by atoms with E-state index in [4.69, 9.17) is 5.73 Å². The molecule has 5 nitrogen and oxygen atoms in total. The Morgan fingerprint density at radius 3 is 2.28 bits per heavy atom. The van der Waals surface area contributed by atoms with Gasteiger partial charge in [0.25, 0.3) is 0 Å². The molecule has 1 heterocycles. The predicted octanol–water partition coefficient (Wildman–Crippen LogP) is 0.195. The SMILES string of the molecule is CC(=O)N1CCCN(C(=O)C2CCCC2N)CC1. The van der Waals surface area contributed by atoms with E-state index in [9.17, 15) is 9.59 Å². The van der Waals surface area contributed by atoms with Crippen LogP contribution in [0, 0.1) is 5.92 Å². The van der Waals surface area contributed by atoms with Crippen LogP contribution in [0.4, 0.5) is 0 Å². The number of nitrogens with two attached hydrogens (primary N) is 1. The van der Waals surface area contributed by atoms with E-state index in [-0.39, 0.29) is 23.8 Å². The average Bonchev–Trinajstić information content (AvgIpc) is 2.63. The second-order valence-corrected chi connectivity index (χ2v) is 5.39. The van der Waals surface area contributed by atoms with Gasteiger partial charge in [0.15, 0.2) is 0 Å². The fraction of sp³-hybridized carbons (Fsp3) is 0.846. The van der Waals surface area contributed by atoms with E-state index in [1.807, 2.05) is 9.80 Å². The first-order valence-electron chi connectivity index (χ1n) is 6.89. The number of nitrogens with zero attached hydrogens (tertiary/aromatic N) is 2. The number of carbonyl (C=O) groups is 2. The van der Waals surface area contributed by atoms with Gasteiger partial charge in [-0.1, -0.05) is 6.42 Å². The summed E-state index contributed by atoms with van der Waals surface area (Å²) in [5, 5.41) is 0.